The van der Waals surface area contributed by atoms with E-state index in [1.165, 1.54) is 19.9 Å². The first kappa shape index (κ1) is 16.6. The van der Waals surface area contributed by atoms with Crippen LogP contribution in [0.15, 0.2) is 16.3 Å². The lowest BCUT2D eigenvalue weighted by atomic mass is 10.3. The van der Waals surface area contributed by atoms with Gasteiger partial charge in [-0.15, -0.1) is 11.3 Å². The molecule has 20 heavy (non-hydrogen) atoms. The number of hydrogen-bond acceptors (Lipinski definition) is 5. The van der Waals surface area contributed by atoms with Gasteiger partial charge in [0.2, 0.25) is 5.91 Å². The summed E-state index contributed by atoms with van der Waals surface area (Å²) in [5.74, 6) is -1.39. The van der Waals surface area contributed by atoms with Crippen molar-refractivity contribution in [3.05, 3.63) is 17.0 Å². The molecule has 0 spiro atoms. The van der Waals surface area contributed by atoms with E-state index in [0.717, 1.165) is 16.2 Å². The summed E-state index contributed by atoms with van der Waals surface area (Å²) in [5.41, 5.74) is 0. The smallest absolute Gasteiger partial charge is 0.321 e. The van der Waals surface area contributed by atoms with Crippen molar-refractivity contribution in [2.45, 2.75) is 30.5 Å². The van der Waals surface area contributed by atoms with Crippen molar-refractivity contribution >= 4 is 33.2 Å². The number of nitrogens with one attached hydrogen (secondary N) is 2. The number of carboxylic acids is 1. The summed E-state index contributed by atoms with van der Waals surface area (Å²) in [7, 11) is -3.82. The molecule has 0 bridgehead atoms. The monoisotopic (exact) mass is 320 g/mol. The zero-order valence-corrected chi connectivity index (χ0v) is 12.7. The van der Waals surface area contributed by atoms with E-state index in [4.69, 9.17) is 5.11 Å². The van der Waals surface area contributed by atoms with E-state index in [-0.39, 0.29) is 10.1 Å². The minimum atomic E-state index is -3.82. The lowest BCUT2D eigenvalue weighted by molar-refractivity contribution is -0.138. The Morgan fingerprint density at radius 3 is 2.60 bits per heavy atom. The Balaban J connectivity index is 2.70. The zero-order chi connectivity index (χ0) is 15.3. The Morgan fingerprint density at radius 2 is 2.05 bits per heavy atom. The topological polar surface area (TPSA) is 113 Å². The lowest BCUT2D eigenvalue weighted by Crippen LogP contribution is -2.37. The first-order chi connectivity index (χ1) is 9.22. The molecular weight excluding hydrogens is 304 g/mol. The number of thiophene rings is 1. The molecule has 112 valence electrons. The van der Waals surface area contributed by atoms with Gasteiger partial charge in [-0.2, -0.15) is 4.72 Å². The van der Waals surface area contributed by atoms with Crippen LogP contribution < -0.4 is 10.0 Å². The fourth-order valence-electron chi connectivity index (χ4n) is 1.34. The molecule has 1 heterocycles. The molecule has 0 saturated carbocycles. The molecule has 3 N–H and O–H groups in total. The van der Waals surface area contributed by atoms with Gasteiger partial charge in [0.15, 0.2) is 0 Å². The standard InChI is InChI=1S/C11H16N2O5S2/c1-7(11(15)16)13-20(17,18)10-4-3-9(19-10)5-6-12-8(2)14/h3-4,7,13H,5-6H2,1-2H3,(H,12,14)(H,15,16)/t7-/m0/s1. The third kappa shape index (κ3) is 4.91. The van der Waals surface area contributed by atoms with E-state index in [2.05, 4.69) is 10.0 Å². The third-order valence-corrected chi connectivity index (χ3v) is 5.53. The van der Waals surface area contributed by atoms with Crippen LogP contribution in [0.5, 0.6) is 0 Å². The van der Waals surface area contributed by atoms with Crippen molar-refractivity contribution in [3.63, 3.8) is 0 Å². The number of sulfonamides is 1. The average Bonchev–Trinajstić information content (AvgIpc) is 2.77. The zero-order valence-electron chi connectivity index (χ0n) is 11.0. The molecule has 1 amide bonds. The highest BCUT2D eigenvalue weighted by Crippen LogP contribution is 2.22. The number of carbonyl (C=O) groups excluding carboxylic acids is 1. The highest BCUT2D eigenvalue weighted by Gasteiger charge is 2.22. The summed E-state index contributed by atoms with van der Waals surface area (Å²) < 4.78 is 25.9. The van der Waals surface area contributed by atoms with Gasteiger partial charge >= 0.3 is 5.97 Å². The second-order valence-corrected chi connectivity index (χ2v) is 7.24. The molecule has 1 aromatic heterocycles. The molecule has 0 aromatic carbocycles. The summed E-state index contributed by atoms with van der Waals surface area (Å²) in [6, 6.07) is 1.88. The van der Waals surface area contributed by atoms with E-state index in [1.807, 2.05) is 0 Å². The molecule has 0 aliphatic heterocycles. The number of carbonyl (C=O) groups is 2. The number of aliphatic carboxylic acids is 1. The fourth-order valence-corrected chi connectivity index (χ4v) is 3.91. The average molecular weight is 320 g/mol. The first-order valence-electron chi connectivity index (χ1n) is 5.80. The Labute approximate surface area is 121 Å². The summed E-state index contributed by atoms with van der Waals surface area (Å²) in [6.45, 7) is 3.08. The van der Waals surface area contributed by atoms with Crippen LogP contribution in [-0.2, 0) is 26.0 Å². The molecule has 0 saturated heterocycles. The number of hydrogen-bond donors (Lipinski definition) is 3. The third-order valence-electron chi connectivity index (χ3n) is 2.35. The van der Waals surface area contributed by atoms with Crippen LogP contribution in [-0.4, -0.2) is 38.0 Å². The second kappa shape index (κ2) is 6.82. The second-order valence-electron chi connectivity index (χ2n) is 4.13. The van der Waals surface area contributed by atoms with Gasteiger partial charge < -0.3 is 10.4 Å². The molecule has 9 heteroatoms. The van der Waals surface area contributed by atoms with Gasteiger partial charge in [0.25, 0.3) is 10.0 Å². The fraction of sp³-hybridized carbons (Fsp3) is 0.455. The van der Waals surface area contributed by atoms with Gasteiger partial charge in [-0.1, -0.05) is 0 Å². The van der Waals surface area contributed by atoms with Crippen LogP contribution >= 0.6 is 11.3 Å². The van der Waals surface area contributed by atoms with Gasteiger partial charge in [0.05, 0.1) is 0 Å². The molecule has 1 aromatic rings. The molecule has 0 aliphatic carbocycles. The maximum Gasteiger partial charge on any atom is 0.321 e. The normalized spacial score (nSPS) is 12.9. The molecule has 0 fully saturated rings. The van der Waals surface area contributed by atoms with Crippen molar-refractivity contribution in [2.75, 3.05) is 6.54 Å². The van der Waals surface area contributed by atoms with E-state index in [0.29, 0.717) is 13.0 Å². The molecule has 7 nitrogen and oxygen atoms in total. The van der Waals surface area contributed by atoms with E-state index in [1.54, 1.807) is 6.07 Å². The predicted molar refractivity (Wildman–Crippen MR) is 74.1 cm³/mol. The molecule has 1 rings (SSSR count). The highest BCUT2D eigenvalue weighted by atomic mass is 32.2. The van der Waals surface area contributed by atoms with Gasteiger partial charge in [-0.25, -0.2) is 8.42 Å². The summed E-state index contributed by atoms with van der Waals surface area (Å²) in [5, 5.41) is 11.3. The van der Waals surface area contributed by atoms with Crippen LogP contribution in [0.3, 0.4) is 0 Å². The van der Waals surface area contributed by atoms with Crippen molar-refractivity contribution in [1.29, 1.82) is 0 Å². The van der Waals surface area contributed by atoms with Crippen molar-refractivity contribution < 1.29 is 23.1 Å². The van der Waals surface area contributed by atoms with Crippen molar-refractivity contribution in [1.82, 2.24) is 10.0 Å². The Bertz CT molecular complexity index is 594. The summed E-state index contributed by atoms with van der Waals surface area (Å²) in [6.07, 6.45) is 0.522. The maximum atomic E-state index is 11.9. The van der Waals surface area contributed by atoms with Crippen LogP contribution in [0.25, 0.3) is 0 Å². The lowest BCUT2D eigenvalue weighted by Gasteiger charge is -2.08. The van der Waals surface area contributed by atoms with Crippen LogP contribution in [0.1, 0.15) is 18.7 Å². The first-order valence-corrected chi connectivity index (χ1v) is 8.10. The van der Waals surface area contributed by atoms with Gasteiger partial charge in [0, 0.05) is 18.3 Å². The van der Waals surface area contributed by atoms with Crippen LogP contribution in [0, 0.1) is 0 Å². The number of rotatable bonds is 7. The van der Waals surface area contributed by atoms with Crippen LogP contribution in [0.4, 0.5) is 0 Å². The summed E-state index contributed by atoms with van der Waals surface area (Å²) in [4.78, 5) is 22.2. The molecule has 0 unspecified atom stereocenters. The van der Waals surface area contributed by atoms with Crippen LogP contribution in [0.2, 0.25) is 0 Å². The van der Waals surface area contributed by atoms with Gasteiger partial charge in [-0.05, 0) is 25.5 Å². The predicted octanol–water partition coefficient (Wildman–Crippen LogP) is 0.178. The molecular formula is C11H16N2O5S2. The summed E-state index contributed by atoms with van der Waals surface area (Å²) >= 11 is 1.05. The van der Waals surface area contributed by atoms with Gasteiger partial charge in [0.1, 0.15) is 10.3 Å². The highest BCUT2D eigenvalue weighted by molar-refractivity contribution is 7.91. The molecule has 0 radical (unpaired) electrons. The largest absolute Gasteiger partial charge is 0.480 e. The Hall–Kier alpha value is -1.45. The van der Waals surface area contributed by atoms with Gasteiger partial charge in [-0.3, -0.25) is 9.59 Å². The molecule has 1 atom stereocenters. The SMILES string of the molecule is CC(=O)NCCc1ccc(S(=O)(=O)N[C@@H](C)C(=O)O)s1. The number of carboxylic acid groups (broad SMARTS) is 1. The molecule has 0 aliphatic rings. The number of amides is 1. The van der Waals surface area contributed by atoms with Crippen molar-refractivity contribution in [3.8, 4) is 0 Å². The Kier molecular flexibility index (Phi) is 5.66. The Morgan fingerprint density at radius 1 is 1.40 bits per heavy atom. The van der Waals surface area contributed by atoms with E-state index in [9.17, 15) is 18.0 Å². The van der Waals surface area contributed by atoms with Crippen molar-refractivity contribution in [2.24, 2.45) is 0 Å². The van der Waals surface area contributed by atoms with E-state index < -0.39 is 22.0 Å². The quantitative estimate of drug-likeness (QED) is 0.663. The minimum Gasteiger partial charge on any atom is -0.480 e. The van der Waals surface area contributed by atoms with E-state index >= 15 is 0 Å². The maximum absolute atomic E-state index is 11.9. The minimum absolute atomic E-state index is 0.0587.